The van der Waals surface area contributed by atoms with Crippen molar-refractivity contribution in [1.29, 1.82) is 0 Å². The summed E-state index contributed by atoms with van der Waals surface area (Å²) < 4.78 is 49.1. The molecule has 2 rings (SSSR count). The van der Waals surface area contributed by atoms with Gasteiger partial charge in [0, 0.05) is 0 Å². The van der Waals surface area contributed by atoms with Gasteiger partial charge in [-0.2, -0.15) is 4.72 Å². The van der Waals surface area contributed by atoms with Crippen LogP contribution < -0.4 is 4.72 Å². The van der Waals surface area contributed by atoms with Gasteiger partial charge in [-0.05, 0) is 48.9 Å². The number of benzene rings is 2. The molecule has 0 radical (unpaired) electrons. The molecule has 144 valence electrons. The number of esters is 2. The molecular weight excluding hydrogens is 377 g/mol. The monoisotopic (exact) mass is 395 g/mol. The van der Waals surface area contributed by atoms with E-state index in [2.05, 4.69) is 9.46 Å². The third-order valence-corrected chi connectivity index (χ3v) is 5.12. The van der Waals surface area contributed by atoms with E-state index in [4.69, 9.17) is 4.74 Å². The maximum atomic E-state index is 12.9. The van der Waals surface area contributed by atoms with Gasteiger partial charge < -0.3 is 9.47 Å². The predicted octanol–water partition coefficient (Wildman–Crippen LogP) is 2.02. The van der Waals surface area contributed by atoms with Crippen molar-refractivity contribution in [3.05, 3.63) is 65.5 Å². The van der Waals surface area contributed by atoms with Crippen LogP contribution >= 0.6 is 0 Å². The summed E-state index contributed by atoms with van der Waals surface area (Å²) in [5.74, 6) is -1.83. The van der Waals surface area contributed by atoms with Crippen molar-refractivity contribution in [3.8, 4) is 0 Å². The fraction of sp³-hybridized carbons (Fsp3) is 0.222. The molecular formula is C18H18FNO6S. The zero-order chi connectivity index (χ0) is 20.0. The number of ether oxygens (including phenoxy) is 2. The predicted molar refractivity (Wildman–Crippen MR) is 93.8 cm³/mol. The highest BCUT2D eigenvalue weighted by atomic mass is 32.2. The Hall–Kier alpha value is -2.78. The maximum Gasteiger partial charge on any atom is 0.337 e. The number of hydrogen-bond acceptors (Lipinski definition) is 6. The zero-order valence-corrected chi connectivity index (χ0v) is 15.5. The van der Waals surface area contributed by atoms with E-state index in [1.807, 2.05) is 0 Å². The number of carbonyl (C=O) groups excluding carboxylic acids is 2. The van der Waals surface area contributed by atoms with E-state index in [0.717, 1.165) is 24.3 Å². The minimum absolute atomic E-state index is 0.0943. The van der Waals surface area contributed by atoms with Gasteiger partial charge in [0.15, 0.2) is 0 Å². The second-order valence-electron chi connectivity index (χ2n) is 5.59. The van der Waals surface area contributed by atoms with E-state index < -0.39 is 33.8 Å². The molecule has 1 N–H and O–H groups in total. The fourth-order valence-electron chi connectivity index (χ4n) is 2.10. The summed E-state index contributed by atoms with van der Waals surface area (Å²) in [6.07, 6.45) is 0. The lowest BCUT2D eigenvalue weighted by Crippen LogP contribution is -2.39. The number of sulfonamides is 1. The average molecular weight is 395 g/mol. The molecule has 0 saturated carbocycles. The molecule has 0 heterocycles. The molecule has 0 spiro atoms. The van der Waals surface area contributed by atoms with Crippen LogP contribution in [0.1, 0.15) is 22.8 Å². The molecule has 1 atom stereocenters. The Kier molecular flexibility index (Phi) is 6.65. The van der Waals surface area contributed by atoms with E-state index in [9.17, 15) is 22.4 Å². The van der Waals surface area contributed by atoms with E-state index in [1.54, 1.807) is 12.1 Å². The van der Waals surface area contributed by atoms with Crippen LogP contribution in [0.2, 0.25) is 0 Å². The van der Waals surface area contributed by atoms with Crippen LogP contribution in [0.25, 0.3) is 0 Å². The molecule has 9 heteroatoms. The summed E-state index contributed by atoms with van der Waals surface area (Å²) >= 11 is 0. The molecule has 2 aromatic carbocycles. The Morgan fingerprint density at radius 2 is 1.67 bits per heavy atom. The summed E-state index contributed by atoms with van der Waals surface area (Å²) in [6.45, 7) is 1.24. The molecule has 0 bridgehead atoms. The first-order valence-corrected chi connectivity index (χ1v) is 9.33. The van der Waals surface area contributed by atoms with Crippen molar-refractivity contribution in [2.24, 2.45) is 0 Å². The number of nitrogens with one attached hydrogen (secondary N) is 1. The van der Waals surface area contributed by atoms with E-state index in [-0.39, 0.29) is 11.5 Å². The maximum absolute atomic E-state index is 12.9. The normalized spacial score (nSPS) is 12.3. The van der Waals surface area contributed by atoms with E-state index in [0.29, 0.717) is 11.1 Å². The molecule has 0 aliphatic rings. The Labute approximate surface area is 156 Å². The van der Waals surface area contributed by atoms with Crippen LogP contribution in [0.4, 0.5) is 4.39 Å². The summed E-state index contributed by atoms with van der Waals surface area (Å²) in [5, 5.41) is 0. The van der Waals surface area contributed by atoms with E-state index >= 15 is 0 Å². The van der Waals surface area contributed by atoms with Crippen LogP contribution in [0.5, 0.6) is 0 Å². The van der Waals surface area contributed by atoms with Crippen LogP contribution in [0, 0.1) is 5.82 Å². The Morgan fingerprint density at radius 3 is 2.22 bits per heavy atom. The van der Waals surface area contributed by atoms with Crippen molar-refractivity contribution in [1.82, 2.24) is 4.72 Å². The Balaban J connectivity index is 1.93. The van der Waals surface area contributed by atoms with Crippen molar-refractivity contribution in [2.45, 2.75) is 24.5 Å². The summed E-state index contributed by atoms with van der Waals surface area (Å²) in [4.78, 5) is 23.2. The van der Waals surface area contributed by atoms with Gasteiger partial charge in [-0.15, -0.1) is 0 Å². The lowest BCUT2D eigenvalue weighted by Gasteiger charge is -2.14. The van der Waals surface area contributed by atoms with Gasteiger partial charge in [-0.1, -0.05) is 12.1 Å². The first-order chi connectivity index (χ1) is 12.7. The number of hydrogen-bond donors (Lipinski definition) is 1. The summed E-state index contributed by atoms with van der Waals surface area (Å²) in [5.41, 5.74) is 0.970. The van der Waals surface area contributed by atoms with Crippen molar-refractivity contribution in [3.63, 3.8) is 0 Å². The molecule has 0 unspecified atom stereocenters. The minimum atomic E-state index is -3.99. The average Bonchev–Trinajstić information content (AvgIpc) is 2.65. The van der Waals surface area contributed by atoms with Gasteiger partial charge >= 0.3 is 11.9 Å². The van der Waals surface area contributed by atoms with Crippen LogP contribution in [0.3, 0.4) is 0 Å². The number of carbonyl (C=O) groups is 2. The smallest absolute Gasteiger partial charge is 0.337 e. The van der Waals surface area contributed by atoms with Crippen LogP contribution in [-0.4, -0.2) is 33.5 Å². The highest BCUT2D eigenvalue weighted by Crippen LogP contribution is 2.11. The number of rotatable bonds is 7. The first-order valence-electron chi connectivity index (χ1n) is 7.84. The van der Waals surface area contributed by atoms with Crippen LogP contribution in [0.15, 0.2) is 53.4 Å². The quantitative estimate of drug-likeness (QED) is 0.720. The van der Waals surface area contributed by atoms with Crippen molar-refractivity contribution < 1.29 is 31.9 Å². The largest absolute Gasteiger partial charge is 0.465 e. The summed E-state index contributed by atoms with van der Waals surface area (Å²) in [6, 6.07) is 9.29. The fourth-order valence-corrected chi connectivity index (χ4v) is 3.29. The van der Waals surface area contributed by atoms with Crippen molar-refractivity contribution in [2.75, 3.05) is 7.11 Å². The van der Waals surface area contributed by atoms with Gasteiger partial charge in [0.05, 0.1) is 17.6 Å². The lowest BCUT2D eigenvalue weighted by molar-refractivity contribution is -0.146. The molecule has 0 saturated heterocycles. The molecule has 0 aliphatic heterocycles. The van der Waals surface area contributed by atoms with Gasteiger partial charge in [-0.3, -0.25) is 4.79 Å². The second-order valence-corrected chi connectivity index (χ2v) is 7.31. The van der Waals surface area contributed by atoms with Gasteiger partial charge in [-0.25, -0.2) is 17.6 Å². The molecule has 0 fully saturated rings. The summed E-state index contributed by atoms with van der Waals surface area (Å²) in [7, 11) is -2.72. The van der Waals surface area contributed by atoms with Crippen molar-refractivity contribution >= 4 is 22.0 Å². The highest BCUT2D eigenvalue weighted by molar-refractivity contribution is 7.89. The minimum Gasteiger partial charge on any atom is -0.465 e. The molecule has 0 amide bonds. The van der Waals surface area contributed by atoms with E-state index in [1.165, 1.54) is 26.2 Å². The number of halogens is 1. The highest BCUT2D eigenvalue weighted by Gasteiger charge is 2.23. The van der Waals surface area contributed by atoms with Crippen LogP contribution in [-0.2, 0) is 30.9 Å². The van der Waals surface area contributed by atoms with Gasteiger partial charge in [0.2, 0.25) is 10.0 Å². The molecule has 0 aromatic heterocycles. The molecule has 0 aliphatic carbocycles. The Bertz CT molecular complexity index is 910. The van der Waals surface area contributed by atoms with Gasteiger partial charge in [0.25, 0.3) is 0 Å². The third kappa shape index (κ3) is 5.60. The topological polar surface area (TPSA) is 98.8 Å². The molecule has 27 heavy (non-hydrogen) atoms. The zero-order valence-electron chi connectivity index (χ0n) is 14.6. The van der Waals surface area contributed by atoms with Gasteiger partial charge in [0.1, 0.15) is 18.5 Å². The first kappa shape index (κ1) is 20.5. The Morgan fingerprint density at radius 1 is 1.07 bits per heavy atom. The second kappa shape index (κ2) is 8.74. The molecule has 7 nitrogen and oxygen atoms in total. The number of methoxy groups -OCH3 is 1. The lowest BCUT2D eigenvalue weighted by atomic mass is 10.1. The SMILES string of the molecule is COC(=O)c1ccc(COC(=O)[C@H](C)NS(=O)(=O)c2ccc(F)cc2)cc1. The standard InChI is InChI=1S/C18H18FNO6S/c1-12(20-27(23,24)16-9-7-15(19)8-10-16)17(21)26-11-13-3-5-14(6-4-13)18(22)25-2/h3-10,12,20H,11H2,1-2H3/t12-/m0/s1. The molecule has 2 aromatic rings. The third-order valence-electron chi connectivity index (χ3n) is 3.57.